The molecule has 1 amide bonds. The summed E-state index contributed by atoms with van der Waals surface area (Å²) in [7, 11) is 0.783. The number of amides is 1. The molecule has 8 heteroatoms. The number of nitrogens with one attached hydrogen (secondary N) is 1. The third-order valence-corrected chi connectivity index (χ3v) is 6.53. The predicted octanol–water partition coefficient (Wildman–Crippen LogP) is 3.73. The molecule has 0 fully saturated rings. The normalized spacial score (nSPS) is 12.9. The van der Waals surface area contributed by atoms with Gasteiger partial charge in [0.15, 0.2) is 0 Å². The summed E-state index contributed by atoms with van der Waals surface area (Å²) in [5.74, 6) is 0.391. The zero-order chi connectivity index (χ0) is 21.1. The number of benzene rings is 2. The molecule has 0 unspecified atom stereocenters. The molecule has 1 N–H and O–H groups in total. The molecule has 0 bridgehead atoms. The summed E-state index contributed by atoms with van der Waals surface area (Å²) >= 11 is 6.18. The highest BCUT2D eigenvalue weighted by molar-refractivity contribution is 7.89. The van der Waals surface area contributed by atoms with Gasteiger partial charge in [0.1, 0.15) is 5.75 Å². The van der Waals surface area contributed by atoms with Gasteiger partial charge in [-0.2, -0.15) is 0 Å². The molecule has 0 saturated heterocycles. The predicted molar refractivity (Wildman–Crippen MR) is 110 cm³/mol. The summed E-state index contributed by atoms with van der Waals surface area (Å²) in [6.07, 6.45) is 0. The Morgan fingerprint density at radius 2 is 1.71 bits per heavy atom. The van der Waals surface area contributed by atoms with E-state index in [9.17, 15) is 13.2 Å². The molecule has 6 nitrogen and oxygen atoms in total. The van der Waals surface area contributed by atoms with E-state index >= 15 is 0 Å². The third kappa shape index (κ3) is 4.84. The van der Waals surface area contributed by atoms with E-state index in [4.69, 9.17) is 16.3 Å². The average molecular weight is 425 g/mol. The zero-order valence-electron chi connectivity index (χ0n) is 16.6. The number of carbonyl (C=O) groups is 1. The number of hydrogen-bond donors (Lipinski definition) is 1. The van der Waals surface area contributed by atoms with Crippen molar-refractivity contribution in [3.05, 3.63) is 58.6 Å². The number of halogens is 1. The minimum absolute atomic E-state index is 0.0117. The Morgan fingerprint density at radius 1 is 1.11 bits per heavy atom. The molecule has 1 atom stereocenters. The van der Waals surface area contributed by atoms with Crippen molar-refractivity contribution in [2.75, 3.05) is 21.2 Å². The fourth-order valence-electron chi connectivity index (χ4n) is 2.71. The smallest absolute Gasteiger partial charge is 0.253 e. The first-order valence-electron chi connectivity index (χ1n) is 8.74. The van der Waals surface area contributed by atoms with Crippen LogP contribution in [0.1, 0.15) is 35.8 Å². The number of methoxy groups -OCH3 is 1. The van der Waals surface area contributed by atoms with E-state index in [-0.39, 0.29) is 27.4 Å². The summed E-state index contributed by atoms with van der Waals surface area (Å²) in [5, 5.41) is 3.15. The summed E-state index contributed by atoms with van der Waals surface area (Å²) in [4.78, 5) is 12.9. The van der Waals surface area contributed by atoms with Crippen molar-refractivity contribution >= 4 is 27.5 Å². The van der Waals surface area contributed by atoms with Crippen LogP contribution in [0.3, 0.4) is 0 Å². The zero-order valence-corrected chi connectivity index (χ0v) is 18.1. The lowest BCUT2D eigenvalue weighted by Crippen LogP contribution is -2.32. The van der Waals surface area contributed by atoms with E-state index in [1.807, 2.05) is 38.1 Å². The Kier molecular flexibility index (Phi) is 7.09. The summed E-state index contributed by atoms with van der Waals surface area (Å²) in [5.41, 5.74) is 1.03. The molecule has 0 aliphatic carbocycles. The molecule has 0 aliphatic rings. The number of rotatable bonds is 7. The Hall–Kier alpha value is -2.09. The van der Waals surface area contributed by atoms with Crippen LogP contribution in [0.5, 0.6) is 5.75 Å². The van der Waals surface area contributed by atoms with Gasteiger partial charge in [0.2, 0.25) is 10.0 Å². The first-order valence-corrected chi connectivity index (χ1v) is 10.6. The van der Waals surface area contributed by atoms with Crippen molar-refractivity contribution in [1.29, 1.82) is 0 Å². The van der Waals surface area contributed by atoms with Crippen molar-refractivity contribution in [2.45, 2.75) is 24.8 Å². The molecule has 0 aliphatic heterocycles. The number of hydrogen-bond acceptors (Lipinski definition) is 4. The van der Waals surface area contributed by atoms with E-state index in [1.54, 1.807) is 7.11 Å². The maximum atomic E-state index is 12.9. The van der Waals surface area contributed by atoms with E-state index < -0.39 is 15.9 Å². The maximum Gasteiger partial charge on any atom is 0.253 e. The number of ether oxygens (including phenoxy) is 1. The summed E-state index contributed by atoms with van der Waals surface area (Å²) < 4.78 is 31.0. The molecule has 0 aromatic heterocycles. The van der Waals surface area contributed by atoms with Crippen molar-refractivity contribution in [1.82, 2.24) is 9.62 Å². The van der Waals surface area contributed by atoms with Crippen molar-refractivity contribution in [3.63, 3.8) is 0 Å². The highest BCUT2D eigenvalue weighted by Crippen LogP contribution is 2.27. The standard InChI is InChI=1S/C20H25ClN2O4S/c1-13(2)19(14-6-8-15(27-5)9-7-14)22-20(24)17-12-16(10-11-18(17)21)28(25,26)23(3)4/h6-13,19H,1-5H3,(H,22,24)/t19-/m1/s1. The van der Waals surface area contributed by atoms with Gasteiger partial charge in [-0.15, -0.1) is 0 Å². The van der Waals surface area contributed by atoms with Crippen LogP contribution in [0.25, 0.3) is 0 Å². The SMILES string of the molecule is COc1ccc([C@H](NC(=O)c2cc(S(=O)(=O)N(C)C)ccc2Cl)C(C)C)cc1. The quantitative estimate of drug-likeness (QED) is 0.734. The van der Waals surface area contributed by atoms with Crippen LogP contribution < -0.4 is 10.1 Å². The van der Waals surface area contributed by atoms with Gasteiger partial charge in [0, 0.05) is 14.1 Å². The van der Waals surface area contributed by atoms with Gasteiger partial charge in [-0.3, -0.25) is 4.79 Å². The lowest BCUT2D eigenvalue weighted by Gasteiger charge is -2.23. The second-order valence-corrected chi connectivity index (χ2v) is 9.46. The monoisotopic (exact) mass is 424 g/mol. The Labute approximate surface area is 171 Å². The van der Waals surface area contributed by atoms with Crippen LogP contribution >= 0.6 is 11.6 Å². The summed E-state index contributed by atoms with van der Waals surface area (Å²) in [6.45, 7) is 3.98. The molecule has 2 aromatic carbocycles. The molecule has 2 aromatic rings. The second kappa shape index (κ2) is 8.94. The number of carbonyl (C=O) groups excluding carboxylic acids is 1. The lowest BCUT2D eigenvalue weighted by molar-refractivity contribution is 0.0925. The van der Waals surface area contributed by atoms with Gasteiger partial charge < -0.3 is 10.1 Å². The molecule has 0 heterocycles. The summed E-state index contributed by atoms with van der Waals surface area (Å²) in [6, 6.07) is 11.3. The lowest BCUT2D eigenvalue weighted by atomic mass is 9.95. The highest BCUT2D eigenvalue weighted by Gasteiger charge is 2.24. The molecule has 2 rings (SSSR count). The highest BCUT2D eigenvalue weighted by atomic mass is 35.5. The number of nitrogens with zero attached hydrogens (tertiary/aromatic N) is 1. The van der Waals surface area contributed by atoms with E-state index in [2.05, 4.69) is 5.32 Å². The minimum atomic E-state index is -3.67. The Balaban J connectivity index is 2.35. The molecule has 28 heavy (non-hydrogen) atoms. The third-order valence-electron chi connectivity index (χ3n) is 4.39. The second-order valence-electron chi connectivity index (χ2n) is 6.90. The van der Waals surface area contributed by atoms with Gasteiger partial charge in [0.05, 0.1) is 28.6 Å². The van der Waals surface area contributed by atoms with Crippen molar-refractivity contribution in [2.24, 2.45) is 5.92 Å². The fourth-order valence-corrected chi connectivity index (χ4v) is 3.85. The molecular weight excluding hydrogens is 400 g/mol. The molecule has 152 valence electrons. The Bertz CT molecular complexity index is 941. The topological polar surface area (TPSA) is 75.7 Å². The first kappa shape index (κ1) is 22.2. The van der Waals surface area contributed by atoms with Crippen LogP contribution in [0.2, 0.25) is 5.02 Å². The molecular formula is C20H25ClN2O4S. The van der Waals surface area contributed by atoms with E-state index in [0.717, 1.165) is 15.6 Å². The van der Waals surface area contributed by atoms with Crippen LogP contribution in [-0.2, 0) is 10.0 Å². The van der Waals surface area contributed by atoms with Gasteiger partial charge in [-0.1, -0.05) is 37.6 Å². The van der Waals surface area contributed by atoms with Crippen LogP contribution in [0, 0.1) is 5.92 Å². The van der Waals surface area contributed by atoms with Gasteiger partial charge in [-0.05, 0) is 41.8 Å². The first-order chi connectivity index (χ1) is 13.1. The molecule has 0 saturated carbocycles. The van der Waals surface area contributed by atoms with E-state index in [0.29, 0.717) is 0 Å². The van der Waals surface area contributed by atoms with Crippen LogP contribution in [0.4, 0.5) is 0 Å². The molecule has 0 spiro atoms. The van der Waals surface area contributed by atoms with E-state index in [1.165, 1.54) is 32.3 Å². The van der Waals surface area contributed by atoms with Crippen molar-refractivity contribution in [3.8, 4) is 5.75 Å². The van der Waals surface area contributed by atoms with Crippen molar-refractivity contribution < 1.29 is 17.9 Å². The van der Waals surface area contributed by atoms with Crippen LogP contribution in [0.15, 0.2) is 47.4 Å². The van der Waals surface area contributed by atoms with Gasteiger partial charge >= 0.3 is 0 Å². The van der Waals surface area contributed by atoms with Crippen LogP contribution in [-0.4, -0.2) is 39.8 Å². The van der Waals surface area contributed by atoms with Gasteiger partial charge in [0.25, 0.3) is 5.91 Å². The Morgan fingerprint density at radius 3 is 2.21 bits per heavy atom. The minimum Gasteiger partial charge on any atom is -0.497 e. The maximum absolute atomic E-state index is 12.9. The van der Waals surface area contributed by atoms with Gasteiger partial charge in [-0.25, -0.2) is 12.7 Å². The largest absolute Gasteiger partial charge is 0.497 e. The molecule has 0 radical (unpaired) electrons. The average Bonchev–Trinajstić information content (AvgIpc) is 2.65. The number of sulfonamides is 1. The fraction of sp³-hybridized carbons (Fsp3) is 0.350.